The van der Waals surface area contributed by atoms with Gasteiger partial charge in [0, 0.05) is 51.9 Å². The standard InChI is InChI=1S/C21H30N6O3/c28-18(24-27-19(29)21(23-20(27)30)8-3-1-4-9-21)7-11-25-12-14-26(15-13-25)16-17-6-2-5-10-22-17/h2,5-6,10H,1,3-4,7-9,11-16H2,(H,23,30)(H,24,28). The smallest absolute Gasteiger partial charge is 0.322 e. The van der Waals surface area contributed by atoms with Crippen molar-refractivity contribution in [3.8, 4) is 0 Å². The number of imide groups is 1. The zero-order valence-electron chi connectivity index (χ0n) is 17.3. The molecule has 2 aliphatic heterocycles. The van der Waals surface area contributed by atoms with Gasteiger partial charge in [-0.15, -0.1) is 0 Å². The number of carbonyl (C=O) groups is 3. The van der Waals surface area contributed by atoms with E-state index >= 15 is 0 Å². The van der Waals surface area contributed by atoms with E-state index in [1.165, 1.54) is 0 Å². The van der Waals surface area contributed by atoms with E-state index in [0.717, 1.165) is 62.7 Å². The molecule has 2 saturated heterocycles. The van der Waals surface area contributed by atoms with Crippen molar-refractivity contribution in [2.75, 3.05) is 32.7 Å². The zero-order chi connectivity index (χ0) is 21.0. The molecular weight excluding hydrogens is 384 g/mol. The first-order valence-electron chi connectivity index (χ1n) is 10.9. The number of urea groups is 1. The van der Waals surface area contributed by atoms with Gasteiger partial charge in [-0.05, 0) is 25.0 Å². The molecule has 1 aromatic heterocycles. The second-order valence-electron chi connectivity index (χ2n) is 8.44. The fourth-order valence-electron chi connectivity index (χ4n) is 4.55. The van der Waals surface area contributed by atoms with Crippen LogP contribution in [0.4, 0.5) is 4.79 Å². The van der Waals surface area contributed by atoms with Crippen LogP contribution >= 0.6 is 0 Å². The molecule has 2 N–H and O–H groups in total. The lowest BCUT2D eigenvalue weighted by molar-refractivity contribution is -0.140. The van der Waals surface area contributed by atoms with Gasteiger partial charge in [0.25, 0.3) is 5.91 Å². The molecular formula is C21H30N6O3. The molecule has 30 heavy (non-hydrogen) atoms. The molecule has 1 aliphatic carbocycles. The average Bonchev–Trinajstić information content (AvgIpc) is 2.98. The second kappa shape index (κ2) is 9.09. The van der Waals surface area contributed by atoms with Gasteiger partial charge in [-0.25, -0.2) is 4.79 Å². The van der Waals surface area contributed by atoms with E-state index < -0.39 is 11.6 Å². The number of hydrogen-bond acceptors (Lipinski definition) is 6. The van der Waals surface area contributed by atoms with E-state index in [-0.39, 0.29) is 18.2 Å². The Hall–Kier alpha value is -2.52. The molecule has 0 radical (unpaired) electrons. The van der Waals surface area contributed by atoms with Crippen LogP contribution in [0.1, 0.15) is 44.2 Å². The SMILES string of the molecule is O=C(CCN1CCN(Cc2ccccn2)CC1)NN1C(=O)NC2(CCCCC2)C1=O. The molecule has 4 rings (SSSR count). The number of hydrogen-bond donors (Lipinski definition) is 2. The lowest BCUT2D eigenvalue weighted by Gasteiger charge is -2.34. The Morgan fingerprint density at radius 2 is 1.80 bits per heavy atom. The minimum absolute atomic E-state index is 0.254. The molecule has 0 atom stereocenters. The summed E-state index contributed by atoms with van der Waals surface area (Å²) in [4.78, 5) is 46.3. The first kappa shape index (κ1) is 20.7. The maximum Gasteiger partial charge on any atom is 0.344 e. The summed E-state index contributed by atoms with van der Waals surface area (Å²) in [5.74, 6) is -0.619. The predicted molar refractivity (Wildman–Crippen MR) is 110 cm³/mol. The van der Waals surface area contributed by atoms with E-state index in [4.69, 9.17) is 0 Å². The number of piperazine rings is 1. The van der Waals surface area contributed by atoms with Gasteiger partial charge in [-0.3, -0.25) is 24.9 Å². The number of hydrazine groups is 1. The van der Waals surface area contributed by atoms with Gasteiger partial charge in [-0.1, -0.05) is 25.3 Å². The number of rotatable bonds is 6. The van der Waals surface area contributed by atoms with Crippen LogP contribution in [0.15, 0.2) is 24.4 Å². The van der Waals surface area contributed by atoms with Crippen molar-refractivity contribution in [3.63, 3.8) is 0 Å². The Balaban J connectivity index is 1.19. The van der Waals surface area contributed by atoms with Gasteiger partial charge in [0.2, 0.25) is 5.91 Å². The molecule has 1 spiro atoms. The predicted octanol–water partition coefficient (Wildman–Crippen LogP) is 0.875. The molecule has 1 saturated carbocycles. The quantitative estimate of drug-likeness (QED) is 0.671. The van der Waals surface area contributed by atoms with Gasteiger partial charge in [0.15, 0.2) is 0 Å². The maximum absolute atomic E-state index is 12.7. The van der Waals surface area contributed by atoms with Gasteiger partial charge in [0.05, 0.1) is 5.69 Å². The Bertz CT molecular complexity index is 772. The molecule has 1 aromatic rings. The first-order valence-corrected chi connectivity index (χ1v) is 10.9. The summed E-state index contributed by atoms with van der Waals surface area (Å²) in [6, 6.07) is 5.43. The molecule has 3 aliphatic rings. The number of aromatic nitrogens is 1. The highest BCUT2D eigenvalue weighted by Gasteiger charge is 2.52. The normalized spacial score (nSPS) is 22.3. The summed E-state index contributed by atoms with van der Waals surface area (Å²) in [6.07, 6.45) is 6.27. The Morgan fingerprint density at radius 3 is 2.50 bits per heavy atom. The van der Waals surface area contributed by atoms with Crippen LogP contribution in [0.25, 0.3) is 0 Å². The molecule has 0 unspecified atom stereocenters. The lowest BCUT2D eigenvalue weighted by Crippen LogP contribution is -2.51. The summed E-state index contributed by atoms with van der Waals surface area (Å²) in [5, 5.41) is 3.69. The van der Waals surface area contributed by atoms with Crippen LogP contribution in [0.3, 0.4) is 0 Å². The molecule has 162 valence electrons. The summed E-state index contributed by atoms with van der Waals surface area (Å²) in [6.45, 7) is 5.06. The highest BCUT2D eigenvalue weighted by atomic mass is 16.2. The third kappa shape index (κ3) is 4.62. The number of amides is 4. The van der Waals surface area contributed by atoms with Crippen molar-refractivity contribution in [1.29, 1.82) is 0 Å². The summed E-state index contributed by atoms with van der Waals surface area (Å²) < 4.78 is 0. The largest absolute Gasteiger partial charge is 0.344 e. The van der Waals surface area contributed by atoms with Crippen LogP contribution in [0, 0.1) is 0 Å². The van der Waals surface area contributed by atoms with Crippen LogP contribution in [0.2, 0.25) is 0 Å². The Labute approximate surface area is 176 Å². The van der Waals surface area contributed by atoms with E-state index in [1.807, 2.05) is 24.4 Å². The molecule has 0 aromatic carbocycles. The van der Waals surface area contributed by atoms with Crippen LogP contribution in [-0.4, -0.2) is 75.9 Å². The highest BCUT2D eigenvalue weighted by molar-refractivity contribution is 6.08. The van der Waals surface area contributed by atoms with Crippen molar-refractivity contribution in [2.45, 2.75) is 50.6 Å². The van der Waals surface area contributed by atoms with Crippen LogP contribution < -0.4 is 10.7 Å². The minimum Gasteiger partial charge on any atom is -0.322 e. The van der Waals surface area contributed by atoms with E-state index in [9.17, 15) is 14.4 Å². The lowest BCUT2D eigenvalue weighted by atomic mass is 9.82. The Kier molecular flexibility index (Phi) is 6.29. The van der Waals surface area contributed by atoms with Crippen molar-refractivity contribution in [3.05, 3.63) is 30.1 Å². The van der Waals surface area contributed by atoms with Crippen molar-refractivity contribution < 1.29 is 14.4 Å². The van der Waals surface area contributed by atoms with E-state index in [1.54, 1.807) is 0 Å². The second-order valence-corrected chi connectivity index (χ2v) is 8.44. The monoisotopic (exact) mass is 414 g/mol. The van der Waals surface area contributed by atoms with Crippen molar-refractivity contribution >= 4 is 17.8 Å². The number of nitrogens with zero attached hydrogens (tertiary/aromatic N) is 4. The molecule has 9 heteroatoms. The van der Waals surface area contributed by atoms with E-state index in [2.05, 4.69) is 25.5 Å². The minimum atomic E-state index is -0.813. The number of pyridine rings is 1. The molecule has 9 nitrogen and oxygen atoms in total. The first-order chi connectivity index (χ1) is 14.6. The zero-order valence-corrected chi connectivity index (χ0v) is 17.3. The molecule has 3 fully saturated rings. The fraction of sp³-hybridized carbons (Fsp3) is 0.619. The van der Waals surface area contributed by atoms with Crippen molar-refractivity contribution in [2.24, 2.45) is 0 Å². The summed E-state index contributed by atoms with van der Waals surface area (Å²) in [5.41, 5.74) is 2.77. The van der Waals surface area contributed by atoms with Gasteiger partial charge in [0.1, 0.15) is 5.54 Å². The molecule has 3 heterocycles. The van der Waals surface area contributed by atoms with Crippen LogP contribution in [0.5, 0.6) is 0 Å². The third-order valence-electron chi connectivity index (χ3n) is 6.34. The number of carbonyl (C=O) groups excluding carboxylic acids is 3. The molecule has 0 bridgehead atoms. The summed E-state index contributed by atoms with van der Waals surface area (Å²) >= 11 is 0. The number of nitrogens with one attached hydrogen (secondary N) is 2. The van der Waals surface area contributed by atoms with E-state index in [0.29, 0.717) is 19.4 Å². The highest BCUT2D eigenvalue weighted by Crippen LogP contribution is 2.32. The van der Waals surface area contributed by atoms with Crippen LogP contribution in [-0.2, 0) is 16.1 Å². The van der Waals surface area contributed by atoms with Gasteiger partial charge in [-0.2, -0.15) is 5.01 Å². The maximum atomic E-state index is 12.7. The summed E-state index contributed by atoms with van der Waals surface area (Å²) in [7, 11) is 0. The average molecular weight is 415 g/mol. The topological polar surface area (TPSA) is 97.9 Å². The van der Waals surface area contributed by atoms with Gasteiger partial charge < -0.3 is 10.2 Å². The Morgan fingerprint density at radius 1 is 1.07 bits per heavy atom. The van der Waals surface area contributed by atoms with Crippen molar-refractivity contribution in [1.82, 2.24) is 30.5 Å². The molecule has 4 amide bonds. The van der Waals surface area contributed by atoms with Gasteiger partial charge >= 0.3 is 6.03 Å². The third-order valence-corrected chi connectivity index (χ3v) is 6.34. The fourth-order valence-corrected chi connectivity index (χ4v) is 4.55.